The summed E-state index contributed by atoms with van der Waals surface area (Å²) < 4.78 is 5.02. The van der Waals surface area contributed by atoms with Crippen LogP contribution in [-0.4, -0.2) is 28.1 Å². The number of nitrogens with zero attached hydrogens (tertiary/aromatic N) is 3. The molecule has 20 heavy (non-hydrogen) atoms. The number of nitro benzene ring substituents is 1. The molecule has 2 N–H and O–H groups in total. The number of nitro groups is 1. The number of hydrogen-bond acceptors (Lipinski definition) is 7. The number of carbonyl (C=O) groups excluding carboxylic acids is 1. The molecular formula is C11H11N5O4. The molecule has 0 radical (unpaired) electrons. The normalized spacial score (nSPS) is 10.1. The molecule has 0 spiro atoms. The summed E-state index contributed by atoms with van der Waals surface area (Å²) >= 11 is 0. The number of nitrogens with one attached hydrogen (secondary N) is 2. The third-order valence-electron chi connectivity index (χ3n) is 2.47. The van der Waals surface area contributed by atoms with Crippen molar-refractivity contribution in [2.24, 2.45) is 0 Å². The zero-order chi connectivity index (χ0) is 14.7. The van der Waals surface area contributed by atoms with E-state index < -0.39 is 10.8 Å². The van der Waals surface area contributed by atoms with Gasteiger partial charge in [0.05, 0.1) is 4.92 Å². The van der Waals surface area contributed by atoms with Gasteiger partial charge in [0.1, 0.15) is 5.69 Å². The van der Waals surface area contributed by atoms with E-state index in [1.54, 1.807) is 6.92 Å². The highest BCUT2D eigenvalue weighted by atomic mass is 16.6. The third-order valence-corrected chi connectivity index (χ3v) is 2.47. The first-order valence-corrected chi connectivity index (χ1v) is 5.59. The van der Waals surface area contributed by atoms with Crippen LogP contribution in [-0.2, 0) is 0 Å². The molecule has 0 saturated carbocycles. The zero-order valence-corrected chi connectivity index (χ0v) is 10.7. The number of benzene rings is 1. The van der Waals surface area contributed by atoms with Crippen molar-refractivity contribution in [2.45, 2.75) is 6.92 Å². The number of aromatic nitrogens is 2. The molecule has 9 nitrogen and oxygen atoms in total. The molecular weight excluding hydrogens is 266 g/mol. The molecule has 2 aromatic rings. The minimum atomic E-state index is -0.533. The Balaban J connectivity index is 2.24. The fourth-order valence-electron chi connectivity index (χ4n) is 1.55. The highest BCUT2D eigenvalue weighted by Gasteiger charge is 2.17. The van der Waals surface area contributed by atoms with E-state index in [0.717, 1.165) is 0 Å². The first-order valence-electron chi connectivity index (χ1n) is 5.59. The van der Waals surface area contributed by atoms with Gasteiger partial charge in [-0.2, -0.15) is 0 Å². The molecule has 0 aliphatic carbocycles. The Morgan fingerprint density at radius 1 is 1.40 bits per heavy atom. The van der Waals surface area contributed by atoms with Crippen molar-refractivity contribution in [3.05, 3.63) is 39.8 Å². The molecule has 1 aromatic heterocycles. The fraction of sp³-hybridized carbons (Fsp3) is 0.182. The Kier molecular flexibility index (Phi) is 3.60. The summed E-state index contributed by atoms with van der Waals surface area (Å²) in [6.07, 6.45) is 0. The monoisotopic (exact) mass is 277 g/mol. The van der Waals surface area contributed by atoms with E-state index in [0.29, 0.717) is 5.89 Å². The minimum absolute atomic E-state index is 0.0307. The van der Waals surface area contributed by atoms with Crippen LogP contribution >= 0.6 is 0 Å². The van der Waals surface area contributed by atoms with Crippen molar-refractivity contribution in [1.82, 2.24) is 10.2 Å². The van der Waals surface area contributed by atoms with Crippen LogP contribution in [0.3, 0.4) is 0 Å². The average Bonchev–Trinajstić information content (AvgIpc) is 2.83. The number of aryl methyl sites for hydroxylation is 1. The van der Waals surface area contributed by atoms with Crippen LogP contribution in [0.1, 0.15) is 16.2 Å². The van der Waals surface area contributed by atoms with Crippen molar-refractivity contribution < 1.29 is 14.1 Å². The van der Waals surface area contributed by atoms with Crippen molar-refractivity contribution in [3.63, 3.8) is 0 Å². The molecule has 0 saturated heterocycles. The second kappa shape index (κ2) is 5.34. The van der Waals surface area contributed by atoms with E-state index in [2.05, 4.69) is 20.8 Å². The van der Waals surface area contributed by atoms with Crippen molar-refractivity contribution in [1.29, 1.82) is 0 Å². The highest BCUT2D eigenvalue weighted by molar-refractivity contribution is 6.04. The lowest BCUT2D eigenvalue weighted by atomic mass is 10.1. The van der Waals surface area contributed by atoms with Gasteiger partial charge in [0.15, 0.2) is 0 Å². The predicted molar refractivity (Wildman–Crippen MR) is 69.6 cm³/mol. The lowest BCUT2D eigenvalue weighted by Crippen LogP contribution is -2.12. The molecule has 104 valence electrons. The van der Waals surface area contributed by atoms with Gasteiger partial charge < -0.3 is 9.73 Å². The van der Waals surface area contributed by atoms with Gasteiger partial charge in [-0.05, 0) is 12.1 Å². The summed E-state index contributed by atoms with van der Waals surface area (Å²) in [5.74, 6) is -0.181. The third kappa shape index (κ3) is 2.71. The fourth-order valence-corrected chi connectivity index (χ4v) is 1.55. The number of anilines is 2. The van der Waals surface area contributed by atoms with Gasteiger partial charge in [0, 0.05) is 25.6 Å². The number of hydrogen-bond donors (Lipinski definition) is 2. The van der Waals surface area contributed by atoms with Gasteiger partial charge in [0.25, 0.3) is 11.6 Å². The molecule has 1 heterocycles. The molecule has 0 aliphatic heterocycles. The second-order valence-electron chi connectivity index (χ2n) is 3.82. The maximum atomic E-state index is 11.9. The van der Waals surface area contributed by atoms with Crippen LogP contribution in [0.25, 0.3) is 0 Å². The zero-order valence-electron chi connectivity index (χ0n) is 10.7. The van der Waals surface area contributed by atoms with E-state index in [1.165, 1.54) is 25.2 Å². The Hall–Kier alpha value is -2.97. The van der Waals surface area contributed by atoms with Gasteiger partial charge in [-0.15, -0.1) is 5.10 Å². The van der Waals surface area contributed by atoms with E-state index in [4.69, 9.17) is 4.42 Å². The first-order chi connectivity index (χ1) is 9.51. The minimum Gasteiger partial charge on any atom is -0.408 e. The number of amides is 1. The topological polar surface area (TPSA) is 123 Å². The van der Waals surface area contributed by atoms with Crippen molar-refractivity contribution in [3.8, 4) is 0 Å². The maximum absolute atomic E-state index is 11.9. The van der Waals surface area contributed by atoms with Crippen molar-refractivity contribution >= 4 is 23.3 Å². The van der Waals surface area contributed by atoms with Crippen LogP contribution in [0.2, 0.25) is 0 Å². The van der Waals surface area contributed by atoms with E-state index in [1.807, 2.05) is 0 Å². The Morgan fingerprint density at radius 3 is 2.70 bits per heavy atom. The van der Waals surface area contributed by atoms with Gasteiger partial charge in [-0.25, -0.2) is 0 Å². The van der Waals surface area contributed by atoms with Crippen molar-refractivity contribution in [2.75, 3.05) is 17.7 Å². The van der Waals surface area contributed by atoms with Crippen LogP contribution in [0.4, 0.5) is 17.4 Å². The summed E-state index contributed by atoms with van der Waals surface area (Å²) in [5, 5.41) is 23.1. The van der Waals surface area contributed by atoms with Crippen LogP contribution in [0, 0.1) is 17.0 Å². The standard InChI is InChI=1S/C11H11N5O4/c1-6-14-15-11(20-6)13-10(17)7-3-4-9(16(18)19)8(5-7)12-2/h3-5,12H,1-2H3,(H,13,15,17). The summed E-state index contributed by atoms with van der Waals surface area (Å²) in [6.45, 7) is 1.59. The predicted octanol–water partition coefficient (Wildman–Crippen LogP) is 1.58. The summed E-state index contributed by atoms with van der Waals surface area (Å²) in [6, 6.07) is 3.94. The molecule has 0 fully saturated rings. The quantitative estimate of drug-likeness (QED) is 0.642. The summed E-state index contributed by atoms with van der Waals surface area (Å²) in [7, 11) is 1.53. The molecule has 0 atom stereocenters. The summed E-state index contributed by atoms with van der Waals surface area (Å²) in [5.41, 5.74) is 0.359. The van der Waals surface area contributed by atoms with E-state index >= 15 is 0 Å². The molecule has 9 heteroatoms. The summed E-state index contributed by atoms with van der Waals surface area (Å²) in [4.78, 5) is 22.2. The Bertz CT molecular complexity index is 667. The highest BCUT2D eigenvalue weighted by Crippen LogP contribution is 2.25. The van der Waals surface area contributed by atoms with Gasteiger partial charge in [-0.3, -0.25) is 20.2 Å². The van der Waals surface area contributed by atoms with E-state index in [9.17, 15) is 14.9 Å². The largest absolute Gasteiger partial charge is 0.408 e. The molecule has 0 bridgehead atoms. The molecule has 0 aliphatic rings. The van der Waals surface area contributed by atoms with Crippen LogP contribution in [0.5, 0.6) is 0 Å². The SMILES string of the molecule is CNc1cc(C(=O)Nc2nnc(C)o2)ccc1[N+](=O)[O-]. The lowest BCUT2D eigenvalue weighted by Gasteiger charge is -2.05. The van der Waals surface area contributed by atoms with Gasteiger partial charge in [0.2, 0.25) is 5.89 Å². The smallest absolute Gasteiger partial charge is 0.322 e. The molecule has 0 unspecified atom stereocenters. The van der Waals surface area contributed by atoms with Crippen LogP contribution in [0.15, 0.2) is 22.6 Å². The Labute approximate surface area is 113 Å². The van der Waals surface area contributed by atoms with Crippen LogP contribution < -0.4 is 10.6 Å². The second-order valence-corrected chi connectivity index (χ2v) is 3.82. The lowest BCUT2D eigenvalue weighted by molar-refractivity contribution is -0.383. The number of carbonyl (C=O) groups is 1. The average molecular weight is 277 g/mol. The van der Waals surface area contributed by atoms with Gasteiger partial charge >= 0.3 is 6.01 Å². The Morgan fingerprint density at radius 2 is 2.15 bits per heavy atom. The van der Waals surface area contributed by atoms with Gasteiger partial charge in [-0.1, -0.05) is 5.10 Å². The molecule has 1 amide bonds. The first kappa shape index (κ1) is 13.5. The molecule has 2 rings (SSSR count). The number of rotatable bonds is 4. The molecule has 1 aromatic carbocycles. The maximum Gasteiger partial charge on any atom is 0.322 e. The van der Waals surface area contributed by atoms with E-state index in [-0.39, 0.29) is 23.0 Å².